The van der Waals surface area contributed by atoms with Crippen molar-refractivity contribution in [1.82, 2.24) is 10.2 Å². The SMILES string of the molecule is CC1(C(=O)NCc2ccccc2)CCN(C(=O)COc2ccc(Cl)cc2)CC1. The van der Waals surface area contributed by atoms with Crippen LogP contribution >= 0.6 is 11.6 Å². The average Bonchev–Trinajstić information content (AvgIpc) is 2.72. The molecule has 0 saturated carbocycles. The first-order valence-electron chi connectivity index (χ1n) is 9.45. The van der Waals surface area contributed by atoms with Gasteiger partial charge in [-0.3, -0.25) is 9.59 Å². The molecule has 0 aliphatic carbocycles. The summed E-state index contributed by atoms with van der Waals surface area (Å²) >= 11 is 5.84. The highest BCUT2D eigenvalue weighted by atomic mass is 35.5. The third-order valence-corrected chi connectivity index (χ3v) is 5.49. The van der Waals surface area contributed by atoms with Crippen LogP contribution in [0.4, 0.5) is 0 Å². The molecule has 148 valence electrons. The molecule has 2 aromatic rings. The predicted molar refractivity (Wildman–Crippen MR) is 109 cm³/mol. The number of likely N-dealkylation sites (tertiary alicyclic amines) is 1. The minimum absolute atomic E-state index is 0.0153. The van der Waals surface area contributed by atoms with Crippen molar-refractivity contribution >= 4 is 23.4 Å². The van der Waals surface area contributed by atoms with Crippen molar-refractivity contribution in [3.05, 3.63) is 65.2 Å². The molecule has 0 spiro atoms. The number of rotatable bonds is 6. The van der Waals surface area contributed by atoms with E-state index in [2.05, 4.69) is 5.32 Å². The Balaban J connectivity index is 1.45. The Bertz CT molecular complexity index is 800. The van der Waals surface area contributed by atoms with Crippen LogP contribution in [-0.4, -0.2) is 36.4 Å². The lowest BCUT2D eigenvalue weighted by Gasteiger charge is -2.38. The van der Waals surface area contributed by atoms with E-state index in [1.54, 1.807) is 29.2 Å². The minimum atomic E-state index is -0.456. The molecule has 1 aliphatic heterocycles. The molecule has 2 aromatic carbocycles. The number of ether oxygens (including phenoxy) is 1. The number of amides is 2. The molecular formula is C22H25ClN2O3. The number of nitrogens with zero attached hydrogens (tertiary/aromatic N) is 1. The Morgan fingerprint density at radius 3 is 2.36 bits per heavy atom. The summed E-state index contributed by atoms with van der Waals surface area (Å²) in [5, 5.41) is 3.65. The quantitative estimate of drug-likeness (QED) is 0.804. The maximum absolute atomic E-state index is 12.7. The van der Waals surface area contributed by atoms with E-state index in [-0.39, 0.29) is 18.4 Å². The fourth-order valence-corrected chi connectivity index (χ4v) is 3.36. The molecule has 1 heterocycles. The van der Waals surface area contributed by atoms with Crippen LogP contribution in [0.15, 0.2) is 54.6 Å². The van der Waals surface area contributed by atoms with E-state index in [9.17, 15) is 9.59 Å². The summed E-state index contributed by atoms with van der Waals surface area (Å²) in [6, 6.07) is 16.8. The van der Waals surface area contributed by atoms with Crippen LogP contribution in [0.1, 0.15) is 25.3 Å². The summed E-state index contributed by atoms with van der Waals surface area (Å²) in [6.07, 6.45) is 1.28. The number of nitrogens with one attached hydrogen (secondary N) is 1. The summed E-state index contributed by atoms with van der Waals surface area (Å²) < 4.78 is 5.53. The summed E-state index contributed by atoms with van der Waals surface area (Å²) in [6.45, 7) is 3.58. The van der Waals surface area contributed by atoms with Crippen LogP contribution in [0.25, 0.3) is 0 Å². The van der Waals surface area contributed by atoms with Gasteiger partial charge in [0.1, 0.15) is 5.75 Å². The number of benzene rings is 2. The standard InChI is InChI=1S/C22H25ClN2O3/c1-22(21(27)24-15-17-5-3-2-4-6-17)11-13-25(14-12-22)20(26)16-28-19-9-7-18(23)8-10-19/h2-10H,11-16H2,1H3,(H,24,27). The summed E-state index contributed by atoms with van der Waals surface area (Å²) in [5.41, 5.74) is 0.620. The van der Waals surface area contributed by atoms with Crippen molar-refractivity contribution in [3.8, 4) is 5.75 Å². The topological polar surface area (TPSA) is 58.6 Å². The van der Waals surface area contributed by atoms with Crippen LogP contribution in [0, 0.1) is 5.41 Å². The van der Waals surface area contributed by atoms with Gasteiger partial charge in [-0.05, 0) is 42.7 Å². The molecule has 28 heavy (non-hydrogen) atoms. The van der Waals surface area contributed by atoms with Crippen molar-refractivity contribution in [2.24, 2.45) is 5.41 Å². The average molecular weight is 401 g/mol. The first-order valence-corrected chi connectivity index (χ1v) is 9.82. The number of hydrogen-bond donors (Lipinski definition) is 1. The lowest BCUT2D eigenvalue weighted by molar-refractivity contribution is -0.141. The van der Waals surface area contributed by atoms with Gasteiger partial charge in [0, 0.05) is 30.1 Å². The second kappa shape index (κ2) is 9.11. The Kier molecular flexibility index (Phi) is 6.57. The van der Waals surface area contributed by atoms with Crippen molar-refractivity contribution in [2.75, 3.05) is 19.7 Å². The van der Waals surface area contributed by atoms with E-state index in [1.807, 2.05) is 37.3 Å². The van der Waals surface area contributed by atoms with Gasteiger partial charge in [-0.15, -0.1) is 0 Å². The number of carbonyl (C=O) groups is 2. The fourth-order valence-electron chi connectivity index (χ4n) is 3.24. The van der Waals surface area contributed by atoms with Gasteiger partial charge in [-0.2, -0.15) is 0 Å². The van der Waals surface area contributed by atoms with E-state index >= 15 is 0 Å². The zero-order valence-corrected chi connectivity index (χ0v) is 16.7. The van der Waals surface area contributed by atoms with Crippen LogP contribution in [0.3, 0.4) is 0 Å². The van der Waals surface area contributed by atoms with Crippen LogP contribution in [0.2, 0.25) is 5.02 Å². The lowest BCUT2D eigenvalue weighted by atomic mass is 9.79. The second-order valence-electron chi connectivity index (χ2n) is 7.35. The van der Waals surface area contributed by atoms with Crippen LogP contribution in [0.5, 0.6) is 5.75 Å². The number of carbonyl (C=O) groups excluding carboxylic acids is 2. The molecule has 1 fully saturated rings. The van der Waals surface area contributed by atoms with Crippen LogP contribution in [-0.2, 0) is 16.1 Å². The van der Waals surface area contributed by atoms with Crippen molar-refractivity contribution in [1.29, 1.82) is 0 Å². The van der Waals surface area contributed by atoms with Gasteiger partial charge in [0.15, 0.2) is 6.61 Å². The zero-order chi connectivity index (χ0) is 20.0. The van der Waals surface area contributed by atoms with Crippen LogP contribution < -0.4 is 10.1 Å². The molecule has 0 radical (unpaired) electrons. The molecule has 0 unspecified atom stereocenters. The normalized spacial score (nSPS) is 15.7. The molecule has 5 nitrogen and oxygen atoms in total. The summed E-state index contributed by atoms with van der Waals surface area (Å²) in [5.74, 6) is 0.586. The van der Waals surface area contributed by atoms with E-state index in [0.29, 0.717) is 43.2 Å². The van der Waals surface area contributed by atoms with E-state index in [4.69, 9.17) is 16.3 Å². The third kappa shape index (κ3) is 5.26. The molecule has 6 heteroatoms. The van der Waals surface area contributed by atoms with Gasteiger partial charge in [0.25, 0.3) is 5.91 Å². The van der Waals surface area contributed by atoms with Gasteiger partial charge in [0.2, 0.25) is 5.91 Å². The van der Waals surface area contributed by atoms with Gasteiger partial charge >= 0.3 is 0 Å². The first kappa shape index (κ1) is 20.2. The third-order valence-electron chi connectivity index (χ3n) is 5.24. The monoisotopic (exact) mass is 400 g/mol. The molecule has 3 rings (SSSR count). The Morgan fingerprint density at radius 2 is 1.71 bits per heavy atom. The molecule has 1 aliphatic rings. The Morgan fingerprint density at radius 1 is 1.07 bits per heavy atom. The maximum atomic E-state index is 12.7. The molecule has 1 saturated heterocycles. The molecule has 2 amide bonds. The fraction of sp³-hybridized carbons (Fsp3) is 0.364. The first-order chi connectivity index (χ1) is 13.5. The highest BCUT2D eigenvalue weighted by molar-refractivity contribution is 6.30. The Labute approximate surface area is 170 Å². The maximum Gasteiger partial charge on any atom is 0.260 e. The molecule has 0 bridgehead atoms. The zero-order valence-electron chi connectivity index (χ0n) is 16.0. The predicted octanol–water partition coefficient (Wildman–Crippen LogP) is 3.66. The van der Waals surface area contributed by atoms with Gasteiger partial charge < -0.3 is 15.0 Å². The molecule has 1 N–H and O–H groups in total. The van der Waals surface area contributed by atoms with Crippen molar-refractivity contribution in [2.45, 2.75) is 26.3 Å². The number of hydrogen-bond acceptors (Lipinski definition) is 3. The van der Waals surface area contributed by atoms with Crippen molar-refractivity contribution in [3.63, 3.8) is 0 Å². The van der Waals surface area contributed by atoms with E-state index in [0.717, 1.165) is 5.56 Å². The van der Waals surface area contributed by atoms with Gasteiger partial charge in [-0.1, -0.05) is 48.9 Å². The molecule has 0 atom stereocenters. The molecule has 0 aromatic heterocycles. The van der Waals surface area contributed by atoms with E-state index in [1.165, 1.54) is 0 Å². The van der Waals surface area contributed by atoms with Gasteiger partial charge in [-0.25, -0.2) is 0 Å². The summed E-state index contributed by atoms with van der Waals surface area (Å²) in [7, 11) is 0. The van der Waals surface area contributed by atoms with Gasteiger partial charge in [0.05, 0.1) is 0 Å². The van der Waals surface area contributed by atoms with Crippen molar-refractivity contribution < 1.29 is 14.3 Å². The highest BCUT2D eigenvalue weighted by Crippen LogP contribution is 2.31. The number of halogens is 1. The molecular weight excluding hydrogens is 376 g/mol. The second-order valence-corrected chi connectivity index (χ2v) is 7.79. The largest absolute Gasteiger partial charge is 0.484 e. The summed E-state index contributed by atoms with van der Waals surface area (Å²) in [4.78, 5) is 26.8. The smallest absolute Gasteiger partial charge is 0.260 e. The lowest BCUT2D eigenvalue weighted by Crippen LogP contribution is -2.49. The number of piperidine rings is 1. The highest BCUT2D eigenvalue weighted by Gasteiger charge is 2.37. The Hall–Kier alpha value is -2.53. The minimum Gasteiger partial charge on any atom is -0.484 e. The van der Waals surface area contributed by atoms with E-state index < -0.39 is 5.41 Å².